The fraction of sp³-hybridized carbons (Fsp3) is 0.955. The number of carbonyl (C=O) groups is 2. The van der Waals surface area contributed by atoms with E-state index in [2.05, 4.69) is 31.3 Å². The van der Waals surface area contributed by atoms with Gasteiger partial charge in [-0.3, -0.25) is 9.59 Å². The largest absolute Gasteiger partial charge is 0.466 e. The minimum atomic E-state index is -0.663. The van der Waals surface area contributed by atoms with Crippen molar-refractivity contribution in [2.75, 3.05) is 13.2 Å². The Hall–Kier alpha value is -1.40. The molecule has 560 valence electrons. The molecule has 0 fully saturated rings. The molecule has 0 bridgehead atoms. The summed E-state index contributed by atoms with van der Waals surface area (Å²) in [5.41, 5.74) is 0. The Morgan fingerprint density at radius 3 is 0.755 bits per heavy atom. The molecule has 0 heterocycles. The number of carbonyl (C=O) groups excluding carboxylic acids is 2. The molecule has 0 aliphatic carbocycles. The molecule has 1 amide bonds. The van der Waals surface area contributed by atoms with Gasteiger partial charge in [0.1, 0.15) is 0 Å². The minimum absolute atomic E-state index is 0.0243. The lowest BCUT2D eigenvalue weighted by molar-refractivity contribution is -0.143. The number of hydrogen-bond donors (Lipinski definition) is 3. The predicted octanol–water partition coefficient (Wildman–Crippen LogP) is 29.4. The van der Waals surface area contributed by atoms with E-state index in [-0.39, 0.29) is 18.5 Å². The number of rotatable bonds is 84. The van der Waals surface area contributed by atoms with Gasteiger partial charge in [-0.05, 0) is 51.4 Å². The van der Waals surface area contributed by atoms with Gasteiger partial charge in [0.15, 0.2) is 0 Å². The van der Waals surface area contributed by atoms with Crippen LogP contribution in [0.5, 0.6) is 0 Å². The number of aliphatic hydroxyl groups excluding tert-OH is 2. The fourth-order valence-corrected chi connectivity index (χ4v) is 14.4. The first-order chi connectivity index (χ1) is 46.5. The van der Waals surface area contributed by atoms with E-state index >= 15 is 0 Å². The van der Waals surface area contributed by atoms with Crippen molar-refractivity contribution in [3.63, 3.8) is 0 Å². The molecule has 0 saturated heterocycles. The molecule has 6 heteroatoms. The number of esters is 1. The number of allylic oxidation sites excluding steroid dienone is 2. The van der Waals surface area contributed by atoms with Crippen LogP contribution < -0.4 is 5.32 Å². The van der Waals surface area contributed by atoms with Gasteiger partial charge < -0.3 is 20.3 Å². The first-order valence-corrected chi connectivity index (χ1v) is 43.9. The lowest BCUT2D eigenvalue weighted by atomic mass is 10.0. The number of hydrogen-bond acceptors (Lipinski definition) is 5. The summed E-state index contributed by atoms with van der Waals surface area (Å²) in [5, 5.41) is 23.5. The Kier molecular flexibility index (Phi) is 82.8. The second-order valence-electron chi connectivity index (χ2n) is 30.6. The third kappa shape index (κ3) is 79.6. The van der Waals surface area contributed by atoms with Crippen LogP contribution in [0.2, 0.25) is 0 Å². The van der Waals surface area contributed by atoms with Gasteiger partial charge in [-0.25, -0.2) is 0 Å². The van der Waals surface area contributed by atoms with Gasteiger partial charge in [0.2, 0.25) is 5.91 Å². The normalized spacial score (nSPS) is 12.4. The molecule has 94 heavy (non-hydrogen) atoms. The lowest BCUT2D eigenvalue weighted by Gasteiger charge is -2.22. The first-order valence-electron chi connectivity index (χ1n) is 43.9. The van der Waals surface area contributed by atoms with Crippen LogP contribution in [0, 0.1) is 0 Å². The zero-order valence-electron chi connectivity index (χ0n) is 64.5. The summed E-state index contributed by atoms with van der Waals surface area (Å²) in [5.74, 6) is 0.00217. The van der Waals surface area contributed by atoms with E-state index in [9.17, 15) is 19.8 Å². The Morgan fingerprint density at radius 2 is 0.500 bits per heavy atom. The summed E-state index contributed by atoms with van der Waals surface area (Å²) in [4.78, 5) is 24.7. The standard InChI is InChI=1S/C88H173NO5/c1-3-5-7-9-11-13-15-17-19-21-22-23-24-40-43-46-49-52-56-60-64-68-72-76-80-86(91)85(84-90)89-87(92)81-77-73-69-65-61-57-53-50-47-44-41-38-36-34-32-30-28-26-25-27-29-31-33-35-37-39-42-45-48-51-55-59-63-67-71-75-79-83-94-88(93)82-78-74-70-66-62-58-54-20-18-16-14-12-10-8-6-4-2/h25,27,85-86,90-91H,3-24,26,28-84H2,1-2H3,(H,89,92)/b27-25-. The average Bonchev–Trinajstić information content (AvgIpc) is 3.75. The SMILES string of the molecule is CCCCCCCCCCCCCCCCCCCCCCCCCCC(O)C(CO)NC(=O)CCCCCCCCCCCCCCCCCCC/C=C\CCCCCCCCCCCCCCCCCCOC(=O)CCCCCCCCCCCCCCCCCC. The highest BCUT2D eigenvalue weighted by molar-refractivity contribution is 5.76. The number of amides is 1. The minimum Gasteiger partial charge on any atom is -0.466 e. The molecular weight excluding hydrogens is 1150 g/mol. The van der Waals surface area contributed by atoms with Crippen molar-refractivity contribution in [2.24, 2.45) is 0 Å². The molecule has 3 N–H and O–H groups in total. The van der Waals surface area contributed by atoms with Gasteiger partial charge in [-0.1, -0.05) is 463 Å². The van der Waals surface area contributed by atoms with Crippen molar-refractivity contribution in [1.82, 2.24) is 5.32 Å². The summed E-state index contributed by atoms with van der Waals surface area (Å²) in [7, 11) is 0. The van der Waals surface area contributed by atoms with E-state index < -0.39 is 12.1 Å². The van der Waals surface area contributed by atoms with Crippen LogP contribution in [-0.4, -0.2) is 47.4 Å². The molecule has 0 aliphatic heterocycles. The maximum atomic E-state index is 12.6. The smallest absolute Gasteiger partial charge is 0.305 e. The molecular formula is C88H173NO5. The van der Waals surface area contributed by atoms with E-state index in [0.29, 0.717) is 25.9 Å². The van der Waals surface area contributed by atoms with Gasteiger partial charge in [0, 0.05) is 12.8 Å². The highest BCUT2D eigenvalue weighted by Gasteiger charge is 2.20. The number of unbranched alkanes of at least 4 members (excludes halogenated alkanes) is 71. The predicted molar refractivity (Wildman–Crippen MR) is 417 cm³/mol. The molecule has 0 aromatic heterocycles. The highest BCUT2D eigenvalue weighted by atomic mass is 16.5. The maximum Gasteiger partial charge on any atom is 0.305 e. The van der Waals surface area contributed by atoms with Crippen LogP contribution in [0.4, 0.5) is 0 Å². The molecule has 0 radical (unpaired) electrons. The zero-order chi connectivity index (χ0) is 67.7. The van der Waals surface area contributed by atoms with Gasteiger partial charge in [0.05, 0.1) is 25.4 Å². The third-order valence-electron chi connectivity index (χ3n) is 21.1. The lowest BCUT2D eigenvalue weighted by Crippen LogP contribution is -2.45. The van der Waals surface area contributed by atoms with Crippen LogP contribution in [-0.2, 0) is 14.3 Å². The number of nitrogens with one attached hydrogen (secondary N) is 1. The van der Waals surface area contributed by atoms with Crippen LogP contribution in [0.25, 0.3) is 0 Å². The van der Waals surface area contributed by atoms with Crippen molar-refractivity contribution < 1.29 is 24.5 Å². The second kappa shape index (κ2) is 84.0. The summed E-state index contributed by atoms with van der Waals surface area (Å²) < 4.78 is 5.52. The third-order valence-corrected chi connectivity index (χ3v) is 21.1. The summed E-state index contributed by atoms with van der Waals surface area (Å²) in [6.07, 6.45) is 108. The van der Waals surface area contributed by atoms with Crippen molar-refractivity contribution in [3.05, 3.63) is 12.2 Å². The number of aliphatic hydroxyl groups is 2. The van der Waals surface area contributed by atoms with Crippen LogP contribution in [0.15, 0.2) is 12.2 Å². The molecule has 0 aromatic carbocycles. The molecule has 0 aliphatic rings. The average molecular weight is 1330 g/mol. The van der Waals surface area contributed by atoms with E-state index in [1.54, 1.807) is 0 Å². The molecule has 2 unspecified atom stereocenters. The van der Waals surface area contributed by atoms with Crippen molar-refractivity contribution in [3.8, 4) is 0 Å². The fourth-order valence-electron chi connectivity index (χ4n) is 14.4. The molecule has 2 atom stereocenters. The monoisotopic (exact) mass is 1320 g/mol. The molecule has 0 rings (SSSR count). The van der Waals surface area contributed by atoms with E-state index in [0.717, 1.165) is 38.5 Å². The Balaban J connectivity index is 3.32. The first kappa shape index (κ1) is 92.6. The summed E-state index contributed by atoms with van der Waals surface area (Å²) in [6.45, 7) is 5.03. The molecule has 0 spiro atoms. The topological polar surface area (TPSA) is 95.9 Å². The number of ether oxygens (including phenoxy) is 1. The Morgan fingerprint density at radius 1 is 0.287 bits per heavy atom. The van der Waals surface area contributed by atoms with E-state index in [1.165, 1.54) is 443 Å². The van der Waals surface area contributed by atoms with E-state index in [4.69, 9.17) is 4.74 Å². The molecule has 6 nitrogen and oxygen atoms in total. The summed E-state index contributed by atoms with van der Waals surface area (Å²) in [6, 6.07) is -0.539. The quantitative estimate of drug-likeness (QED) is 0.0320. The van der Waals surface area contributed by atoms with Gasteiger partial charge >= 0.3 is 5.97 Å². The van der Waals surface area contributed by atoms with Gasteiger partial charge in [-0.2, -0.15) is 0 Å². The zero-order valence-corrected chi connectivity index (χ0v) is 64.5. The summed E-state index contributed by atoms with van der Waals surface area (Å²) >= 11 is 0. The van der Waals surface area contributed by atoms with Crippen molar-refractivity contribution in [2.45, 2.75) is 527 Å². The van der Waals surface area contributed by atoms with Crippen LogP contribution >= 0.6 is 0 Å². The molecule has 0 aromatic rings. The van der Waals surface area contributed by atoms with Gasteiger partial charge in [-0.15, -0.1) is 0 Å². The second-order valence-corrected chi connectivity index (χ2v) is 30.6. The van der Waals surface area contributed by atoms with Crippen LogP contribution in [0.1, 0.15) is 515 Å². The maximum absolute atomic E-state index is 12.6. The van der Waals surface area contributed by atoms with Crippen LogP contribution in [0.3, 0.4) is 0 Å². The Bertz CT molecular complexity index is 1430. The van der Waals surface area contributed by atoms with Gasteiger partial charge in [0.25, 0.3) is 0 Å². The molecule has 0 saturated carbocycles. The van der Waals surface area contributed by atoms with E-state index in [1.807, 2.05) is 0 Å². The van der Waals surface area contributed by atoms with Crippen molar-refractivity contribution in [1.29, 1.82) is 0 Å². The Labute approximate surface area is 590 Å². The van der Waals surface area contributed by atoms with Crippen molar-refractivity contribution >= 4 is 11.9 Å². The highest BCUT2D eigenvalue weighted by Crippen LogP contribution is 2.21.